The van der Waals surface area contributed by atoms with Crippen molar-refractivity contribution in [1.29, 1.82) is 5.26 Å². The van der Waals surface area contributed by atoms with E-state index in [1.54, 1.807) is 6.07 Å². The van der Waals surface area contributed by atoms with Crippen LogP contribution in [0.3, 0.4) is 0 Å². The number of carbonyl (C=O) groups excluding carboxylic acids is 1. The van der Waals surface area contributed by atoms with Crippen LogP contribution in [0.4, 0.5) is 11.4 Å². The molecule has 7 heteroatoms. The second-order valence-corrected chi connectivity index (χ2v) is 3.18. The molecule has 0 saturated carbocycles. The Hall–Kier alpha value is -2.26. The molecule has 0 aliphatic rings. The van der Waals surface area contributed by atoms with Crippen molar-refractivity contribution >= 4 is 34.9 Å². The Morgan fingerprint density at radius 3 is 2.62 bits per heavy atom. The van der Waals surface area contributed by atoms with E-state index in [2.05, 4.69) is 0 Å². The van der Waals surface area contributed by atoms with Gasteiger partial charge in [0.15, 0.2) is 0 Å². The number of nitrogens with zero attached hydrogens (tertiary/aromatic N) is 1. The molecule has 4 N–H and O–H groups in total. The fourth-order valence-corrected chi connectivity index (χ4v) is 1.13. The maximum absolute atomic E-state index is 10.9. The molecule has 6 nitrogen and oxygen atoms in total. The van der Waals surface area contributed by atoms with Gasteiger partial charge >= 0.3 is 11.9 Å². The van der Waals surface area contributed by atoms with E-state index in [-0.39, 0.29) is 22.0 Å². The summed E-state index contributed by atoms with van der Waals surface area (Å²) in [5.74, 6) is -2.91. The summed E-state index contributed by atoms with van der Waals surface area (Å²) < 4.78 is 0. The largest absolute Gasteiger partial charge is 0.474 e. The van der Waals surface area contributed by atoms with Gasteiger partial charge in [0.1, 0.15) is 0 Å². The third-order valence-corrected chi connectivity index (χ3v) is 2.09. The number of carboxylic acids is 1. The van der Waals surface area contributed by atoms with Crippen molar-refractivity contribution in [2.24, 2.45) is 0 Å². The Bertz CT molecular complexity index is 507. The zero-order chi connectivity index (χ0) is 12.3. The predicted molar refractivity (Wildman–Crippen MR) is 56.8 cm³/mol. The molecule has 1 aromatic carbocycles. The quantitative estimate of drug-likeness (QED) is 0.495. The SMILES string of the molecule is N#Cc1cc(N)c(Cl)c(NC(=O)C(=O)O)c1. The number of anilines is 2. The van der Waals surface area contributed by atoms with Crippen molar-refractivity contribution in [2.45, 2.75) is 0 Å². The van der Waals surface area contributed by atoms with Crippen molar-refractivity contribution in [3.8, 4) is 6.07 Å². The molecule has 0 aliphatic carbocycles. The molecule has 0 heterocycles. The Labute approximate surface area is 95.2 Å². The van der Waals surface area contributed by atoms with E-state index in [4.69, 9.17) is 27.7 Å². The standard InChI is InChI=1S/C9H6ClN3O3/c10-7-5(12)1-4(3-11)2-6(7)13-8(14)9(15)16/h1-2H,12H2,(H,13,14)(H,15,16). The maximum Gasteiger partial charge on any atom is 0.394 e. The summed E-state index contributed by atoms with van der Waals surface area (Å²) in [5, 5.41) is 19.0. The van der Waals surface area contributed by atoms with E-state index >= 15 is 0 Å². The van der Waals surface area contributed by atoms with E-state index in [1.807, 2.05) is 5.32 Å². The summed E-state index contributed by atoms with van der Waals surface area (Å²) in [6.07, 6.45) is 0. The van der Waals surface area contributed by atoms with Gasteiger partial charge in [-0.15, -0.1) is 0 Å². The topological polar surface area (TPSA) is 116 Å². The van der Waals surface area contributed by atoms with Gasteiger partial charge in [-0.1, -0.05) is 11.6 Å². The van der Waals surface area contributed by atoms with E-state index in [1.165, 1.54) is 12.1 Å². The van der Waals surface area contributed by atoms with Crippen LogP contribution in [0.1, 0.15) is 5.56 Å². The Morgan fingerprint density at radius 2 is 2.12 bits per heavy atom. The van der Waals surface area contributed by atoms with Crippen molar-refractivity contribution in [1.82, 2.24) is 0 Å². The number of rotatable bonds is 1. The first-order chi connectivity index (χ1) is 7.45. The number of amides is 1. The van der Waals surface area contributed by atoms with Gasteiger partial charge in [-0.25, -0.2) is 4.79 Å². The Morgan fingerprint density at radius 1 is 1.50 bits per heavy atom. The van der Waals surface area contributed by atoms with Crippen LogP contribution < -0.4 is 11.1 Å². The van der Waals surface area contributed by atoms with E-state index in [0.29, 0.717) is 0 Å². The molecule has 0 spiro atoms. The third-order valence-electron chi connectivity index (χ3n) is 1.67. The van der Waals surface area contributed by atoms with Gasteiger partial charge in [-0.3, -0.25) is 4.79 Å². The number of carbonyl (C=O) groups is 2. The minimum absolute atomic E-state index is 0.00593. The number of carboxylic acid groups (broad SMARTS) is 1. The highest BCUT2D eigenvalue weighted by molar-refractivity contribution is 6.40. The maximum atomic E-state index is 10.9. The summed E-state index contributed by atoms with van der Waals surface area (Å²) in [4.78, 5) is 21.2. The molecule has 0 aliphatic heterocycles. The second-order valence-electron chi connectivity index (χ2n) is 2.80. The smallest absolute Gasteiger partial charge is 0.394 e. The normalized spacial score (nSPS) is 9.25. The minimum atomic E-state index is -1.66. The number of nitrogens with one attached hydrogen (secondary N) is 1. The number of nitrogens with two attached hydrogens (primary N) is 1. The molecule has 16 heavy (non-hydrogen) atoms. The van der Waals surface area contributed by atoms with Crippen LogP contribution in [-0.4, -0.2) is 17.0 Å². The van der Waals surface area contributed by atoms with Gasteiger partial charge in [0, 0.05) is 0 Å². The summed E-state index contributed by atoms with van der Waals surface area (Å²) in [5.41, 5.74) is 5.71. The highest BCUT2D eigenvalue weighted by Crippen LogP contribution is 2.29. The molecule has 1 aromatic rings. The second kappa shape index (κ2) is 4.51. The van der Waals surface area contributed by atoms with Crippen molar-refractivity contribution in [3.63, 3.8) is 0 Å². The number of halogens is 1. The summed E-state index contributed by atoms with van der Waals surface area (Å²) in [7, 11) is 0. The van der Waals surface area contributed by atoms with E-state index in [0.717, 1.165) is 0 Å². The van der Waals surface area contributed by atoms with Gasteiger partial charge in [-0.2, -0.15) is 5.26 Å². The Kier molecular flexibility index (Phi) is 3.33. The molecule has 1 rings (SSSR count). The van der Waals surface area contributed by atoms with Crippen molar-refractivity contribution in [2.75, 3.05) is 11.1 Å². The number of benzene rings is 1. The molecule has 0 atom stereocenters. The molecular weight excluding hydrogens is 234 g/mol. The molecule has 82 valence electrons. The van der Waals surface area contributed by atoms with Gasteiger partial charge in [0.05, 0.1) is 28.0 Å². The highest BCUT2D eigenvalue weighted by Gasteiger charge is 2.15. The van der Waals surface area contributed by atoms with Crippen LogP contribution in [0.25, 0.3) is 0 Å². The van der Waals surface area contributed by atoms with Crippen LogP contribution in [0.2, 0.25) is 5.02 Å². The number of hydrogen-bond acceptors (Lipinski definition) is 4. The minimum Gasteiger partial charge on any atom is -0.474 e. The molecule has 0 radical (unpaired) electrons. The molecule has 0 fully saturated rings. The van der Waals surface area contributed by atoms with Crippen LogP contribution in [0.5, 0.6) is 0 Å². The third kappa shape index (κ3) is 2.40. The number of nitriles is 1. The average molecular weight is 240 g/mol. The van der Waals surface area contributed by atoms with Crippen LogP contribution in [0.15, 0.2) is 12.1 Å². The molecule has 0 saturated heterocycles. The van der Waals surface area contributed by atoms with Gasteiger partial charge < -0.3 is 16.2 Å². The Balaban J connectivity index is 3.14. The first-order valence-electron chi connectivity index (χ1n) is 3.99. The first-order valence-corrected chi connectivity index (χ1v) is 4.37. The number of nitrogen functional groups attached to an aromatic ring is 1. The van der Waals surface area contributed by atoms with Gasteiger partial charge in [0.25, 0.3) is 0 Å². The van der Waals surface area contributed by atoms with Crippen molar-refractivity contribution in [3.05, 3.63) is 22.7 Å². The lowest BCUT2D eigenvalue weighted by atomic mass is 10.2. The van der Waals surface area contributed by atoms with E-state index < -0.39 is 11.9 Å². The molecule has 1 amide bonds. The molecule has 0 aromatic heterocycles. The lowest BCUT2D eigenvalue weighted by Gasteiger charge is -2.07. The fourth-order valence-electron chi connectivity index (χ4n) is 0.978. The fraction of sp³-hybridized carbons (Fsp3) is 0. The summed E-state index contributed by atoms with van der Waals surface area (Å²) in [6, 6.07) is 4.35. The summed E-state index contributed by atoms with van der Waals surface area (Å²) in [6.45, 7) is 0. The van der Waals surface area contributed by atoms with Crippen LogP contribution in [-0.2, 0) is 9.59 Å². The predicted octanol–water partition coefficient (Wildman–Crippen LogP) is 0.817. The van der Waals surface area contributed by atoms with Crippen molar-refractivity contribution < 1.29 is 14.7 Å². The van der Waals surface area contributed by atoms with Gasteiger partial charge in [-0.05, 0) is 12.1 Å². The lowest BCUT2D eigenvalue weighted by molar-refractivity contribution is -0.147. The number of aliphatic carboxylic acids is 1. The highest BCUT2D eigenvalue weighted by atomic mass is 35.5. The van der Waals surface area contributed by atoms with Gasteiger partial charge in [0.2, 0.25) is 0 Å². The van der Waals surface area contributed by atoms with Crippen LogP contribution >= 0.6 is 11.6 Å². The first kappa shape index (κ1) is 11.8. The van der Waals surface area contributed by atoms with E-state index in [9.17, 15) is 9.59 Å². The average Bonchev–Trinajstić information content (AvgIpc) is 2.24. The zero-order valence-electron chi connectivity index (χ0n) is 7.82. The van der Waals surface area contributed by atoms with Crippen LogP contribution in [0, 0.1) is 11.3 Å². The lowest BCUT2D eigenvalue weighted by Crippen LogP contribution is -2.22. The monoisotopic (exact) mass is 239 g/mol. The number of hydrogen-bond donors (Lipinski definition) is 3. The summed E-state index contributed by atoms with van der Waals surface area (Å²) >= 11 is 5.73. The zero-order valence-corrected chi connectivity index (χ0v) is 8.58. The molecular formula is C9H6ClN3O3. The molecule has 0 unspecified atom stereocenters. The molecule has 0 bridgehead atoms.